The van der Waals surface area contributed by atoms with Crippen LogP contribution >= 0.6 is 11.3 Å². The van der Waals surface area contributed by atoms with Gasteiger partial charge in [-0.1, -0.05) is 0 Å². The van der Waals surface area contributed by atoms with Crippen LogP contribution in [-0.2, 0) is 11.3 Å². The Kier molecular flexibility index (Phi) is 3.93. The van der Waals surface area contributed by atoms with Gasteiger partial charge in [-0.25, -0.2) is 0 Å². The minimum absolute atomic E-state index is 0.00371. The van der Waals surface area contributed by atoms with Crippen molar-refractivity contribution in [1.82, 2.24) is 10.2 Å². The summed E-state index contributed by atoms with van der Waals surface area (Å²) >= 11 is 1.59. The van der Waals surface area contributed by atoms with Gasteiger partial charge >= 0.3 is 0 Å². The van der Waals surface area contributed by atoms with Gasteiger partial charge in [0.2, 0.25) is 5.91 Å². The van der Waals surface area contributed by atoms with E-state index in [9.17, 15) is 4.79 Å². The first-order valence-electron chi connectivity index (χ1n) is 5.53. The number of thiophene rings is 1. The van der Waals surface area contributed by atoms with Crippen LogP contribution in [0.5, 0.6) is 0 Å². The Balaban J connectivity index is 1.97. The van der Waals surface area contributed by atoms with E-state index in [1.807, 2.05) is 5.38 Å². The van der Waals surface area contributed by atoms with Gasteiger partial charge in [-0.05, 0) is 11.4 Å². The van der Waals surface area contributed by atoms with Gasteiger partial charge in [0.05, 0.1) is 5.00 Å². The first-order chi connectivity index (χ1) is 7.75. The van der Waals surface area contributed by atoms with Gasteiger partial charge in [0, 0.05) is 45.2 Å². The van der Waals surface area contributed by atoms with E-state index in [-0.39, 0.29) is 5.91 Å². The van der Waals surface area contributed by atoms with Crippen LogP contribution in [0.2, 0.25) is 0 Å². The summed E-state index contributed by atoms with van der Waals surface area (Å²) in [5.41, 5.74) is 1.22. The Morgan fingerprint density at radius 3 is 3.00 bits per heavy atom. The molecule has 2 N–H and O–H groups in total. The third-order valence-electron chi connectivity index (χ3n) is 2.64. The molecule has 0 atom stereocenters. The molecular weight excluding hydrogens is 222 g/mol. The number of hydrogen-bond donors (Lipinski definition) is 2. The SMILES string of the molecule is CC(=O)Nc1sccc1CN1CCNCC1. The van der Waals surface area contributed by atoms with E-state index >= 15 is 0 Å². The smallest absolute Gasteiger partial charge is 0.221 e. The number of nitrogens with zero attached hydrogens (tertiary/aromatic N) is 1. The van der Waals surface area contributed by atoms with E-state index in [2.05, 4.69) is 21.6 Å². The fraction of sp³-hybridized carbons (Fsp3) is 0.545. The highest BCUT2D eigenvalue weighted by atomic mass is 32.1. The van der Waals surface area contributed by atoms with Crippen molar-refractivity contribution in [2.24, 2.45) is 0 Å². The van der Waals surface area contributed by atoms with Crippen LogP contribution < -0.4 is 10.6 Å². The van der Waals surface area contributed by atoms with Gasteiger partial charge in [0.15, 0.2) is 0 Å². The third-order valence-corrected chi connectivity index (χ3v) is 3.51. The topological polar surface area (TPSA) is 44.4 Å². The molecule has 1 saturated heterocycles. The molecule has 0 saturated carbocycles. The zero-order valence-electron chi connectivity index (χ0n) is 9.45. The molecule has 2 heterocycles. The molecule has 1 fully saturated rings. The second-order valence-electron chi connectivity index (χ2n) is 3.98. The Hall–Kier alpha value is -0.910. The van der Waals surface area contributed by atoms with Crippen molar-refractivity contribution in [3.8, 4) is 0 Å². The predicted molar refractivity (Wildman–Crippen MR) is 66.8 cm³/mol. The van der Waals surface area contributed by atoms with Crippen molar-refractivity contribution >= 4 is 22.2 Å². The molecule has 0 aliphatic carbocycles. The van der Waals surface area contributed by atoms with Crippen molar-refractivity contribution in [3.63, 3.8) is 0 Å². The summed E-state index contributed by atoms with van der Waals surface area (Å²) in [6.45, 7) is 6.75. The summed E-state index contributed by atoms with van der Waals surface area (Å²) < 4.78 is 0. The molecule has 1 aliphatic rings. The highest BCUT2D eigenvalue weighted by molar-refractivity contribution is 7.14. The maximum Gasteiger partial charge on any atom is 0.221 e. The lowest BCUT2D eigenvalue weighted by Gasteiger charge is -2.27. The van der Waals surface area contributed by atoms with Gasteiger partial charge in [0.1, 0.15) is 0 Å². The van der Waals surface area contributed by atoms with Crippen molar-refractivity contribution < 1.29 is 4.79 Å². The van der Waals surface area contributed by atoms with Crippen LogP contribution in [0, 0.1) is 0 Å². The Morgan fingerprint density at radius 1 is 1.56 bits per heavy atom. The Morgan fingerprint density at radius 2 is 2.31 bits per heavy atom. The van der Waals surface area contributed by atoms with Gasteiger partial charge in [-0.3, -0.25) is 9.69 Å². The Bertz CT molecular complexity index is 358. The zero-order chi connectivity index (χ0) is 11.4. The highest BCUT2D eigenvalue weighted by Gasteiger charge is 2.13. The molecule has 16 heavy (non-hydrogen) atoms. The summed E-state index contributed by atoms with van der Waals surface area (Å²) in [6, 6.07) is 2.10. The van der Waals surface area contributed by atoms with Crippen LogP contribution in [0.15, 0.2) is 11.4 Å². The molecule has 1 aromatic heterocycles. The fourth-order valence-corrected chi connectivity index (χ4v) is 2.69. The molecule has 0 spiro atoms. The van der Waals surface area contributed by atoms with Crippen molar-refractivity contribution in [2.45, 2.75) is 13.5 Å². The summed E-state index contributed by atoms with van der Waals surface area (Å²) in [4.78, 5) is 13.4. The second kappa shape index (κ2) is 5.43. The van der Waals surface area contributed by atoms with Crippen LogP contribution in [-0.4, -0.2) is 37.0 Å². The summed E-state index contributed by atoms with van der Waals surface area (Å²) in [5.74, 6) is 0.00371. The lowest BCUT2D eigenvalue weighted by molar-refractivity contribution is -0.114. The van der Waals surface area contributed by atoms with E-state index in [4.69, 9.17) is 0 Å². The second-order valence-corrected chi connectivity index (χ2v) is 4.90. The molecule has 88 valence electrons. The van der Waals surface area contributed by atoms with E-state index in [1.54, 1.807) is 18.3 Å². The number of carbonyl (C=O) groups is 1. The number of hydrogen-bond acceptors (Lipinski definition) is 4. The van der Waals surface area contributed by atoms with Gasteiger partial charge < -0.3 is 10.6 Å². The summed E-state index contributed by atoms with van der Waals surface area (Å²) in [5, 5.41) is 9.23. The third kappa shape index (κ3) is 3.04. The molecule has 5 heteroatoms. The van der Waals surface area contributed by atoms with Crippen molar-refractivity contribution in [1.29, 1.82) is 0 Å². The first-order valence-corrected chi connectivity index (χ1v) is 6.40. The zero-order valence-corrected chi connectivity index (χ0v) is 10.3. The molecule has 0 unspecified atom stereocenters. The maximum absolute atomic E-state index is 11.0. The minimum Gasteiger partial charge on any atom is -0.318 e. The van der Waals surface area contributed by atoms with E-state index in [1.165, 1.54) is 5.56 Å². The Labute approximate surface area is 99.6 Å². The minimum atomic E-state index is 0.00371. The van der Waals surface area contributed by atoms with Crippen LogP contribution in [0.25, 0.3) is 0 Å². The predicted octanol–water partition coefficient (Wildman–Crippen LogP) is 1.11. The van der Waals surface area contributed by atoms with E-state index in [0.29, 0.717) is 0 Å². The number of nitrogens with one attached hydrogen (secondary N) is 2. The van der Waals surface area contributed by atoms with Gasteiger partial charge in [-0.15, -0.1) is 11.3 Å². The molecule has 0 radical (unpaired) electrons. The number of rotatable bonds is 3. The van der Waals surface area contributed by atoms with Crippen LogP contribution in [0.3, 0.4) is 0 Å². The van der Waals surface area contributed by atoms with Crippen molar-refractivity contribution in [3.05, 3.63) is 17.0 Å². The molecule has 1 aliphatic heterocycles. The number of carbonyl (C=O) groups excluding carboxylic acids is 1. The van der Waals surface area contributed by atoms with E-state index < -0.39 is 0 Å². The monoisotopic (exact) mass is 239 g/mol. The number of amides is 1. The average Bonchev–Trinajstić information content (AvgIpc) is 2.66. The van der Waals surface area contributed by atoms with Gasteiger partial charge in [0.25, 0.3) is 0 Å². The standard InChI is InChI=1S/C11H17N3OS/c1-9(15)13-11-10(2-7-16-11)8-14-5-3-12-4-6-14/h2,7,12H,3-6,8H2,1H3,(H,13,15). The summed E-state index contributed by atoms with van der Waals surface area (Å²) in [7, 11) is 0. The van der Waals surface area contributed by atoms with E-state index in [0.717, 1.165) is 37.7 Å². The molecule has 0 aromatic carbocycles. The first kappa shape index (κ1) is 11.6. The molecule has 2 rings (SSSR count). The molecular formula is C11H17N3OS. The quantitative estimate of drug-likeness (QED) is 0.830. The normalized spacial score (nSPS) is 17.3. The largest absolute Gasteiger partial charge is 0.318 e. The van der Waals surface area contributed by atoms with Gasteiger partial charge in [-0.2, -0.15) is 0 Å². The van der Waals surface area contributed by atoms with Crippen LogP contribution in [0.4, 0.5) is 5.00 Å². The van der Waals surface area contributed by atoms with Crippen LogP contribution in [0.1, 0.15) is 12.5 Å². The molecule has 1 amide bonds. The molecule has 0 bridgehead atoms. The number of anilines is 1. The average molecular weight is 239 g/mol. The molecule has 4 nitrogen and oxygen atoms in total. The lowest BCUT2D eigenvalue weighted by Crippen LogP contribution is -2.42. The number of piperazine rings is 1. The fourth-order valence-electron chi connectivity index (χ4n) is 1.84. The highest BCUT2D eigenvalue weighted by Crippen LogP contribution is 2.24. The summed E-state index contributed by atoms with van der Waals surface area (Å²) in [6.07, 6.45) is 0. The molecule has 1 aromatic rings. The lowest BCUT2D eigenvalue weighted by atomic mass is 10.2. The maximum atomic E-state index is 11.0. The van der Waals surface area contributed by atoms with Crippen molar-refractivity contribution in [2.75, 3.05) is 31.5 Å².